The molecule has 0 radical (unpaired) electrons. The minimum Gasteiger partial charge on any atom is -0.393 e. The minimum absolute atomic E-state index is 0.0348. The molecule has 108 valence electrons. The molecule has 1 unspecified atom stereocenters. The van der Waals surface area contributed by atoms with E-state index in [1.165, 1.54) is 4.90 Å². The van der Waals surface area contributed by atoms with E-state index in [1.807, 2.05) is 48.3 Å². The van der Waals surface area contributed by atoms with Gasteiger partial charge in [-0.15, -0.1) is 0 Å². The highest BCUT2D eigenvalue weighted by Gasteiger charge is 2.17. The summed E-state index contributed by atoms with van der Waals surface area (Å²) in [7, 11) is 1.83. The number of hydrogen-bond acceptors (Lipinski definition) is 4. The molecule has 5 nitrogen and oxygen atoms in total. The molecule has 0 spiro atoms. The third-order valence-corrected chi connectivity index (χ3v) is 2.93. The van der Waals surface area contributed by atoms with E-state index in [1.54, 1.807) is 6.92 Å². The first-order chi connectivity index (χ1) is 9.54. The van der Waals surface area contributed by atoms with Gasteiger partial charge < -0.3 is 5.11 Å². The molecule has 5 heteroatoms. The summed E-state index contributed by atoms with van der Waals surface area (Å²) in [5.74, 6) is -0.120. The number of rotatable bonds is 7. The smallest absolute Gasteiger partial charge is 0.242 e. The van der Waals surface area contributed by atoms with Crippen molar-refractivity contribution in [1.82, 2.24) is 4.90 Å². The normalized spacial score (nSPS) is 11.9. The van der Waals surface area contributed by atoms with Gasteiger partial charge >= 0.3 is 0 Å². The lowest BCUT2D eigenvalue weighted by atomic mass is 10.2. The second-order valence-electron chi connectivity index (χ2n) is 4.85. The molecule has 0 fully saturated rings. The van der Waals surface area contributed by atoms with E-state index in [0.29, 0.717) is 13.0 Å². The molecule has 0 aliphatic rings. The van der Waals surface area contributed by atoms with Crippen LogP contribution in [0.4, 0.5) is 5.69 Å². The van der Waals surface area contributed by atoms with Crippen LogP contribution >= 0.6 is 0 Å². The maximum Gasteiger partial charge on any atom is 0.242 e. The zero-order valence-electron chi connectivity index (χ0n) is 12.0. The summed E-state index contributed by atoms with van der Waals surface area (Å²) in [4.78, 5) is 15.6. The van der Waals surface area contributed by atoms with Crippen LogP contribution in [0.5, 0.6) is 0 Å². The van der Waals surface area contributed by atoms with Crippen molar-refractivity contribution in [3.05, 3.63) is 30.3 Å². The van der Waals surface area contributed by atoms with E-state index in [2.05, 4.69) is 0 Å². The number of carbonyl (C=O) groups is 1. The predicted octanol–water partition coefficient (Wildman–Crippen LogP) is 1.25. The van der Waals surface area contributed by atoms with Crippen molar-refractivity contribution < 1.29 is 9.90 Å². The average molecular weight is 275 g/mol. The fourth-order valence-corrected chi connectivity index (χ4v) is 1.80. The first kappa shape index (κ1) is 16.2. The zero-order valence-corrected chi connectivity index (χ0v) is 12.0. The van der Waals surface area contributed by atoms with Gasteiger partial charge in [0.2, 0.25) is 5.91 Å². The van der Waals surface area contributed by atoms with Crippen LogP contribution in [0.25, 0.3) is 0 Å². The van der Waals surface area contributed by atoms with Gasteiger partial charge in [0, 0.05) is 12.2 Å². The number of aliphatic hydroxyl groups excluding tert-OH is 1. The number of aliphatic hydroxyl groups is 1. The molecule has 0 aliphatic carbocycles. The zero-order chi connectivity index (χ0) is 15.0. The number of carbonyl (C=O) groups excluding carboxylic acids is 1. The van der Waals surface area contributed by atoms with Gasteiger partial charge in [0.15, 0.2) is 0 Å². The fraction of sp³-hybridized carbons (Fsp3) is 0.467. The van der Waals surface area contributed by atoms with E-state index in [0.717, 1.165) is 5.69 Å². The molecule has 1 rings (SSSR count). The maximum atomic E-state index is 12.3. The van der Waals surface area contributed by atoms with Crippen molar-refractivity contribution in [2.24, 2.45) is 0 Å². The van der Waals surface area contributed by atoms with Crippen LogP contribution in [0.1, 0.15) is 13.3 Å². The SMILES string of the molecule is CC(O)CCN(C)CC(=O)N(CC#N)c1ccccc1. The second-order valence-corrected chi connectivity index (χ2v) is 4.85. The molecule has 1 aromatic rings. The Labute approximate surface area is 120 Å². The van der Waals surface area contributed by atoms with Gasteiger partial charge in [-0.3, -0.25) is 14.6 Å². The molecule has 0 aromatic heterocycles. The monoisotopic (exact) mass is 275 g/mol. The Hall–Kier alpha value is -1.90. The molecule has 0 bridgehead atoms. The Bertz CT molecular complexity index is 454. The standard InChI is InChI=1S/C15H21N3O2/c1-13(19)8-10-17(2)12-15(20)18(11-9-16)14-6-4-3-5-7-14/h3-7,13,19H,8,10-12H2,1-2H3. The number of hydrogen-bond donors (Lipinski definition) is 1. The Kier molecular flexibility index (Phi) is 6.71. The lowest BCUT2D eigenvalue weighted by molar-refractivity contribution is -0.119. The van der Waals surface area contributed by atoms with Crippen molar-refractivity contribution in [1.29, 1.82) is 5.26 Å². The highest BCUT2D eigenvalue weighted by atomic mass is 16.3. The van der Waals surface area contributed by atoms with Crippen molar-refractivity contribution in [2.75, 3.05) is 31.6 Å². The molecule has 1 atom stereocenters. The summed E-state index contributed by atoms with van der Waals surface area (Å²) in [5, 5.41) is 18.1. The van der Waals surface area contributed by atoms with Crippen molar-refractivity contribution in [2.45, 2.75) is 19.4 Å². The Morgan fingerprint density at radius 1 is 1.40 bits per heavy atom. The van der Waals surface area contributed by atoms with Crippen LogP contribution in [0.2, 0.25) is 0 Å². The van der Waals surface area contributed by atoms with Gasteiger partial charge in [-0.05, 0) is 32.5 Å². The van der Waals surface area contributed by atoms with E-state index in [4.69, 9.17) is 5.26 Å². The van der Waals surface area contributed by atoms with Crippen molar-refractivity contribution >= 4 is 11.6 Å². The number of amides is 1. The third kappa shape index (κ3) is 5.39. The molecular weight excluding hydrogens is 254 g/mol. The van der Waals surface area contributed by atoms with Crippen LogP contribution in [0.3, 0.4) is 0 Å². The highest BCUT2D eigenvalue weighted by molar-refractivity contribution is 5.95. The molecule has 1 amide bonds. The first-order valence-corrected chi connectivity index (χ1v) is 6.63. The van der Waals surface area contributed by atoms with Gasteiger partial charge in [0.1, 0.15) is 6.54 Å². The summed E-state index contributed by atoms with van der Waals surface area (Å²) in [6.45, 7) is 2.62. The molecule has 0 saturated heterocycles. The van der Waals surface area contributed by atoms with Crippen LogP contribution in [-0.2, 0) is 4.79 Å². The summed E-state index contributed by atoms with van der Waals surface area (Å²) in [6.07, 6.45) is 0.241. The van der Waals surface area contributed by atoms with Gasteiger partial charge in [-0.2, -0.15) is 5.26 Å². The van der Waals surface area contributed by atoms with Crippen molar-refractivity contribution in [3.8, 4) is 6.07 Å². The molecule has 1 aromatic carbocycles. The molecule has 0 aliphatic heterocycles. The Morgan fingerprint density at radius 2 is 2.05 bits per heavy atom. The van der Waals surface area contributed by atoms with E-state index < -0.39 is 0 Å². The summed E-state index contributed by atoms with van der Waals surface area (Å²) in [5.41, 5.74) is 0.725. The number of nitriles is 1. The minimum atomic E-state index is -0.378. The molecular formula is C15H21N3O2. The Morgan fingerprint density at radius 3 is 2.60 bits per heavy atom. The second kappa shape index (κ2) is 8.31. The van der Waals surface area contributed by atoms with Crippen LogP contribution in [-0.4, -0.2) is 48.7 Å². The lowest BCUT2D eigenvalue weighted by Gasteiger charge is -2.23. The first-order valence-electron chi connectivity index (χ1n) is 6.63. The fourth-order valence-electron chi connectivity index (χ4n) is 1.80. The van der Waals surface area contributed by atoms with Gasteiger partial charge in [-0.25, -0.2) is 0 Å². The third-order valence-electron chi connectivity index (χ3n) is 2.93. The Balaban J connectivity index is 2.64. The number of likely N-dealkylation sites (N-methyl/N-ethyl adjacent to an activating group) is 1. The quantitative estimate of drug-likeness (QED) is 0.760. The highest BCUT2D eigenvalue weighted by Crippen LogP contribution is 2.13. The van der Waals surface area contributed by atoms with E-state index in [-0.39, 0.29) is 25.1 Å². The molecule has 1 N–H and O–H groups in total. The number of para-hydroxylation sites is 1. The number of nitrogens with zero attached hydrogens (tertiary/aromatic N) is 3. The largest absolute Gasteiger partial charge is 0.393 e. The number of anilines is 1. The van der Waals surface area contributed by atoms with Crippen LogP contribution in [0.15, 0.2) is 30.3 Å². The summed E-state index contributed by atoms with van der Waals surface area (Å²) < 4.78 is 0. The van der Waals surface area contributed by atoms with Crippen LogP contribution < -0.4 is 4.90 Å². The summed E-state index contributed by atoms with van der Waals surface area (Å²) in [6, 6.07) is 11.2. The molecule has 0 heterocycles. The van der Waals surface area contributed by atoms with Gasteiger partial charge in [0.05, 0.1) is 18.7 Å². The molecule has 0 saturated carbocycles. The van der Waals surface area contributed by atoms with Gasteiger partial charge in [-0.1, -0.05) is 18.2 Å². The maximum absolute atomic E-state index is 12.3. The van der Waals surface area contributed by atoms with Crippen molar-refractivity contribution in [3.63, 3.8) is 0 Å². The van der Waals surface area contributed by atoms with Crippen LogP contribution in [0, 0.1) is 11.3 Å². The predicted molar refractivity (Wildman–Crippen MR) is 78.2 cm³/mol. The molecule has 20 heavy (non-hydrogen) atoms. The average Bonchev–Trinajstić information content (AvgIpc) is 2.43. The lowest BCUT2D eigenvalue weighted by Crippen LogP contribution is -2.40. The van der Waals surface area contributed by atoms with E-state index >= 15 is 0 Å². The number of benzene rings is 1. The summed E-state index contributed by atoms with van der Waals surface area (Å²) >= 11 is 0. The van der Waals surface area contributed by atoms with E-state index in [9.17, 15) is 9.90 Å². The van der Waals surface area contributed by atoms with Gasteiger partial charge in [0.25, 0.3) is 0 Å². The topological polar surface area (TPSA) is 67.6 Å².